The topological polar surface area (TPSA) is 41.0 Å². The average Bonchev–Trinajstić information content (AvgIpc) is 2.35. The molecule has 17 heavy (non-hydrogen) atoms. The molecule has 94 valence electrons. The van der Waals surface area contributed by atoms with Gasteiger partial charge in [-0.1, -0.05) is 6.92 Å². The minimum atomic E-state index is 0.309. The van der Waals surface area contributed by atoms with E-state index in [2.05, 4.69) is 27.1 Å². The maximum absolute atomic E-state index is 5.81. The molecular formula is C12H19ClN4. The maximum Gasteiger partial charge on any atom is 0.224 e. The van der Waals surface area contributed by atoms with Crippen molar-refractivity contribution in [2.75, 3.05) is 25.0 Å². The van der Waals surface area contributed by atoms with Gasteiger partial charge in [0, 0.05) is 30.9 Å². The molecule has 1 aromatic heterocycles. The van der Waals surface area contributed by atoms with Crippen molar-refractivity contribution in [3.63, 3.8) is 0 Å². The van der Waals surface area contributed by atoms with Crippen LogP contribution in [0.15, 0.2) is 6.20 Å². The molecule has 1 aliphatic rings. The Bertz CT molecular complexity index is 375. The lowest BCUT2D eigenvalue weighted by molar-refractivity contribution is 0.229. The van der Waals surface area contributed by atoms with E-state index in [4.69, 9.17) is 11.6 Å². The van der Waals surface area contributed by atoms with E-state index in [0.717, 1.165) is 43.9 Å². The Balaban J connectivity index is 1.95. The number of halogens is 1. The van der Waals surface area contributed by atoms with Crippen LogP contribution in [0.2, 0.25) is 5.28 Å². The number of nitrogens with one attached hydrogen (secondary N) is 1. The summed E-state index contributed by atoms with van der Waals surface area (Å²) >= 11 is 5.81. The number of aryl methyl sites for hydroxylation is 1. The molecule has 0 unspecified atom stereocenters. The van der Waals surface area contributed by atoms with Gasteiger partial charge in [0.25, 0.3) is 0 Å². The van der Waals surface area contributed by atoms with Crippen LogP contribution in [0.4, 0.5) is 5.82 Å². The SMILES string of the molecule is CCN1CCC(Nc2nc(Cl)ncc2C)CC1. The first kappa shape index (κ1) is 12.6. The van der Waals surface area contributed by atoms with Crippen LogP contribution in [-0.2, 0) is 0 Å². The summed E-state index contributed by atoms with van der Waals surface area (Å²) in [7, 11) is 0. The predicted molar refractivity (Wildman–Crippen MR) is 70.5 cm³/mol. The Morgan fingerprint density at radius 2 is 2.18 bits per heavy atom. The second kappa shape index (κ2) is 5.65. The van der Waals surface area contributed by atoms with Gasteiger partial charge < -0.3 is 10.2 Å². The monoisotopic (exact) mass is 254 g/mol. The first-order chi connectivity index (χ1) is 8.19. The Morgan fingerprint density at radius 3 is 2.82 bits per heavy atom. The van der Waals surface area contributed by atoms with E-state index in [0.29, 0.717) is 11.3 Å². The summed E-state index contributed by atoms with van der Waals surface area (Å²) in [6.07, 6.45) is 4.09. The third-order valence-corrected chi connectivity index (χ3v) is 3.50. The molecule has 0 bridgehead atoms. The first-order valence-corrected chi connectivity index (χ1v) is 6.55. The molecule has 1 saturated heterocycles. The zero-order valence-corrected chi connectivity index (χ0v) is 11.2. The quantitative estimate of drug-likeness (QED) is 0.841. The van der Waals surface area contributed by atoms with E-state index in [1.54, 1.807) is 6.20 Å². The molecule has 0 radical (unpaired) electrons. The van der Waals surface area contributed by atoms with Gasteiger partial charge in [-0.2, -0.15) is 0 Å². The van der Waals surface area contributed by atoms with Crippen molar-refractivity contribution in [3.8, 4) is 0 Å². The number of rotatable bonds is 3. The Labute approximate surface area is 107 Å². The van der Waals surface area contributed by atoms with Gasteiger partial charge in [0.2, 0.25) is 5.28 Å². The van der Waals surface area contributed by atoms with Gasteiger partial charge in [-0.15, -0.1) is 0 Å². The number of nitrogens with zero attached hydrogens (tertiary/aromatic N) is 3. The zero-order chi connectivity index (χ0) is 12.3. The summed E-state index contributed by atoms with van der Waals surface area (Å²) in [5.41, 5.74) is 1.05. The van der Waals surface area contributed by atoms with E-state index in [-0.39, 0.29) is 0 Å². The van der Waals surface area contributed by atoms with Gasteiger partial charge in [-0.3, -0.25) is 0 Å². The number of hydrogen-bond donors (Lipinski definition) is 1. The summed E-state index contributed by atoms with van der Waals surface area (Å²) in [6.45, 7) is 7.67. The summed E-state index contributed by atoms with van der Waals surface area (Å²) in [6, 6.07) is 0.502. The molecule has 0 saturated carbocycles. The average molecular weight is 255 g/mol. The lowest BCUT2D eigenvalue weighted by atomic mass is 10.1. The molecule has 1 N–H and O–H groups in total. The summed E-state index contributed by atoms with van der Waals surface area (Å²) < 4.78 is 0. The van der Waals surface area contributed by atoms with Gasteiger partial charge in [0.05, 0.1) is 0 Å². The highest BCUT2D eigenvalue weighted by Crippen LogP contribution is 2.18. The van der Waals surface area contributed by atoms with Gasteiger partial charge in [0.15, 0.2) is 0 Å². The van der Waals surface area contributed by atoms with Crippen molar-refractivity contribution in [3.05, 3.63) is 17.0 Å². The molecular weight excluding hydrogens is 236 g/mol. The smallest absolute Gasteiger partial charge is 0.224 e. The molecule has 2 heterocycles. The molecule has 0 aromatic carbocycles. The predicted octanol–water partition coefficient (Wildman–Crippen LogP) is 2.33. The van der Waals surface area contributed by atoms with Gasteiger partial charge in [-0.25, -0.2) is 9.97 Å². The molecule has 0 aliphatic carbocycles. The normalized spacial score (nSPS) is 18.3. The van der Waals surface area contributed by atoms with Crippen LogP contribution in [0.3, 0.4) is 0 Å². The van der Waals surface area contributed by atoms with Crippen molar-refractivity contribution < 1.29 is 0 Å². The van der Waals surface area contributed by atoms with E-state index in [1.165, 1.54) is 0 Å². The highest BCUT2D eigenvalue weighted by Gasteiger charge is 2.18. The Hall–Kier alpha value is -0.870. The molecule has 4 nitrogen and oxygen atoms in total. The molecule has 1 aliphatic heterocycles. The largest absolute Gasteiger partial charge is 0.367 e. The zero-order valence-electron chi connectivity index (χ0n) is 10.4. The molecule has 5 heteroatoms. The van der Waals surface area contributed by atoms with Crippen LogP contribution in [0.5, 0.6) is 0 Å². The van der Waals surface area contributed by atoms with Gasteiger partial charge in [0.1, 0.15) is 5.82 Å². The summed E-state index contributed by atoms with van der Waals surface area (Å²) in [4.78, 5) is 10.7. The van der Waals surface area contributed by atoms with E-state index < -0.39 is 0 Å². The number of anilines is 1. The first-order valence-electron chi connectivity index (χ1n) is 6.17. The molecule has 2 rings (SSSR count). The molecule has 0 amide bonds. The highest BCUT2D eigenvalue weighted by atomic mass is 35.5. The number of aromatic nitrogens is 2. The third-order valence-electron chi connectivity index (χ3n) is 3.32. The fraction of sp³-hybridized carbons (Fsp3) is 0.667. The lowest BCUT2D eigenvalue weighted by Gasteiger charge is -2.31. The minimum absolute atomic E-state index is 0.309. The summed E-state index contributed by atoms with van der Waals surface area (Å²) in [5.74, 6) is 0.875. The van der Waals surface area contributed by atoms with Crippen LogP contribution in [0.1, 0.15) is 25.3 Å². The fourth-order valence-corrected chi connectivity index (χ4v) is 2.29. The van der Waals surface area contributed by atoms with Crippen LogP contribution in [-0.4, -0.2) is 40.5 Å². The fourth-order valence-electron chi connectivity index (χ4n) is 2.15. The van der Waals surface area contributed by atoms with Crippen LogP contribution < -0.4 is 5.32 Å². The maximum atomic E-state index is 5.81. The van der Waals surface area contributed by atoms with Crippen molar-refractivity contribution in [2.45, 2.75) is 32.7 Å². The van der Waals surface area contributed by atoms with E-state index >= 15 is 0 Å². The van der Waals surface area contributed by atoms with Crippen molar-refractivity contribution >= 4 is 17.4 Å². The van der Waals surface area contributed by atoms with Crippen molar-refractivity contribution in [2.24, 2.45) is 0 Å². The van der Waals surface area contributed by atoms with E-state index in [1.807, 2.05) is 6.92 Å². The minimum Gasteiger partial charge on any atom is -0.367 e. The Morgan fingerprint density at radius 1 is 1.47 bits per heavy atom. The van der Waals surface area contributed by atoms with E-state index in [9.17, 15) is 0 Å². The summed E-state index contributed by atoms with van der Waals surface area (Å²) in [5, 5.41) is 3.78. The van der Waals surface area contributed by atoms with Gasteiger partial charge >= 0.3 is 0 Å². The lowest BCUT2D eigenvalue weighted by Crippen LogP contribution is -2.39. The second-order valence-corrected chi connectivity index (χ2v) is 4.86. The Kier molecular flexibility index (Phi) is 4.18. The van der Waals surface area contributed by atoms with Crippen LogP contribution in [0, 0.1) is 6.92 Å². The van der Waals surface area contributed by atoms with Crippen LogP contribution >= 0.6 is 11.6 Å². The van der Waals surface area contributed by atoms with Gasteiger partial charge in [-0.05, 0) is 37.9 Å². The molecule has 0 spiro atoms. The number of likely N-dealkylation sites (tertiary alicyclic amines) is 1. The molecule has 1 aromatic rings. The molecule has 0 atom stereocenters. The molecule has 1 fully saturated rings. The number of hydrogen-bond acceptors (Lipinski definition) is 4. The highest BCUT2D eigenvalue weighted by molar-refractivity contribution is 6.28. The standard InChI is InChI=1S/C12H19ClN4/c1-3-17-6-4-10(5-7-17)15-11-9(2)8-14-12(13)16-11/h8,10H,3-7H2,1-2H3,(H,14,15,16). The second-order valence-electron chi connectivity index (χ2n) is 4.52. The van der Waals surface area contributed by atoms with Crippen molar-refractivity contribution in [1.82, 2.24) is 14.9 Å². The third kappa shape index (κ3) is 3.30. The van der Waals surface area contributed by atoms with Crippen LogP contribution in [0.25, 0.3) is 0 Å². The number of piperidine rings is 1. The van der Waals surface area contributed by atoms with Crippen molar-refractivity contribution in [1.29, 1.82) is 0 Å².